The zero-order valence-electron chi connectivity index (χ0n) is 12.1. The predicted octanol–water partition coefficient (Wildman–Crippen LogP) is 1.52. The lowest BCUT2D eigenvalue weighted by molar-refractivity contribution is -0.158. The molecule has 0 saturated carbocycles. The minimum Gasteiger partial charge on any atom is -0.463 e. The number of hydrogen-bond donors (Lipinski definition) is 0. The van der Waals surface area contributed by atoms with Crippen molar-refractivity contribution in [3.8, 4) is 0 Å². The van der Waals surface area contributed by atoms with E-state index in [2.05, 4.69) is 11.3 Å². The number of esters is 3. The summed E-state index contributed by atoms with van der Waals surface area (Å²) in [5.74, 6) is -1.64. The number of ether oxygens (including phenoxy) is 3. The second-order valence-corrected chi connectivity index (χ2v) is 5.54. The van der Waals surface area contributed by atoms with Gasteiger partial charge in [-0.1, -0.05) is 6.58 Å². The molecule has 0 aromatic rings. The van der Waals surface area contributed by atoms with Crippen LogP contribution in [0.15, 0.2) is 12.2 Å². The fraction of sp³-hybridized carbons (Fsp3) is 0.643. The van der Waals surface area contributed by atoms with Gasteiger partial charge < -0.3 is 14.2 Å². The first-order valence-electron chi connectivity index (χ1n) is 6.46. The molecule has 1 rings (SSSR count). The van der Waals surface area contributed by atoms with Crippen molar-refractivity contribution < 1.29 is 28.6 Å². The minimum atomic E-state index is -0.860. The average molecular weight is 284 g/mol. The molecule has 1 atom stereocenters. The number of carbonyl (C=O) groups is 3. The summed E-state index contributed by atoms with van der Waals surface area (Å²) in [6.07, 6.45) is -0.333. The Balaban J connectivity index is 2.33. The Morgan fingerprint density at radius 1 is 1.35 bits per heavy atom. The first kappa shape index (κ1) is 16.2. The zero-order valence-corrected chi connectivity index (χ0v) is 12.1. The SMILES string of the molecule is C=C(CCC(=O)OC(C)(C)C)C(=O)OC1CCOC1=O. The summed E-state index contributed by atoms with van der Waals surface area (Å²) < 4.78 is 14.7. The van der Waals surface area contributed by atoms with Crippen molar-refractivity contribution in [3.63, 3.8) is 0 Å². The highest BCUT2D eigenvalue weighted by atomic mass is 16.6. The van der Waals surface area contributed by atoms with Crippen LogP contribution in [-0.2, 0) is 28.6 Å². The van der Waals surface area contributed by atoms with E-state index >= 15 is 0 Å². The molecule has 1 heterocycles. The van der Waals surface area contributed by atoms with Crippen molar-refractivity contribution in [3.05, 3.63) is 12.2 Å². The third-order valence-corrected chi connectivity index (χ3v) is 2.48. The summed E-state index contributed by atoms with van der Waals surface area (Å²) in [4.78, 5) is 34.3. The summed E-state index contributed by atoms with van der Waals surface area (Å²) >= 11 is 0. The van der Waals surface area contributed by atoms with Gasteiger partial charge in [0.1, 0.15) is 5.60 Å². The number of rotatable bonds is 5. The van der Waals surface area contributed by atoms with Gasteiger partial charge in [-0.2, -0.15) is 0 Å². The molecule has 0 aromatic heterocycles. The molecule has 6 heteroatoms. The van der Waals surface area contributed by atoms with Crippen LogP contribution in [0.2, 0.25) is 0 Å². The van der Waals surface area contributed by atoms with E-state index in [0.29, 0.717) is 6.42 Å². The Bertz CT molecular complexity index is 418. The van der Waals surface area contributed by atoms with Crippen molar-refractivity contribution in [2.45, 2.75) is 51.7 Å². The maximum atomic E-state index is 11.7. The van der Waals surface area contributed by atoms with E-state index in [4.69, 9.17) is 9.47 Å². The van der Waals surface area contributed by atoms with Crippen LogP contribution in [0.5, 0.6) is 0 Å². The van der Waals surface area contributed by atoms with Gasteiger partial charge in [-0.05, 0) is 27.2 Å². The molecule has 0 aromatic carbocycles. The molecular formula is C14H20O6. The van der Waals surface area contributed by atoms with Crippen molar-refractivity contribution >= 4 is 17.9 Å². The second kappa shape index (κ2) is 6.54. The van der Waals surface area contributed by atoms with Crippen LogP contribution in [0, 0.1) is 0 Å². The van der Waals surface area contributed by atoms with Gasteiger partial charge in [0.05, 0.1) is 6.61 Å². The standard InChI is InChI=1S/C14H20O6/c1-9(5-6-11(15)20-14(2,3)4)12(16)19-10-7-8-18-13(10)17/h10H,1,5-8H2,2-4H3. The monoisotopic (exact) mass is 284 g/mol. The largest absolute Gasteiger partial charge is 0.463 e. The highest BCUT2D eigenvalue weighted by molar-refractivity contribution is 5.91. The van der Waals surface area contributed by atoms with Crippen LogP contribution < -0.4 is 0 Å². The van der Waals surface area contributed by atoms with Gasteiger partial charge >= 0.3 is 17.9 Å². The average Bonchev–Trinajstić information content (AvgIpc) is 2.69. The molecule has 0 aliphatic carbocycles. The number of hydrogen-bond acceptors (Lipinski definition) is 6. The number of cyclic esters (lactones) is 1. The minimum absolute atomic E-state index is 0.0420. The first-order chi connectivity index (χ1) is 9.19. The summed E-state index contributed by atoms with van der Waals surface area (Å²) in [6.45, 7) is 9.10. The number of carbonyl (C=O) groups excluding carboxylic acids is 3. The lowest BCUT2D eigenvalue weighted by atomic mass is 10.1. The molecule has 1 saturated heterocycles. The molecule has 112 valence electrons. The van der Waals surface area contributed by atoms with Crippen molar-refractivity contribution in [2.24, 2.45) is 0 Å². The molecule has 0 radical (unpaired) electrons. The van der Waals surface area contributed by atoms with Crippen molar-refractivity contribution in [2.75, 3.05) is 6.61 Å². The third-order valence-electron chi connectivity index (χ3n) is 2.48. The normalized spacial score (nSPS) is 18.4. The van der Waals surface area contributed by atoms with Gasteiger partial charge in [0, 0.05) is 18.4 Å². The Morgan fingerprint density at radius 2 is 2.00 bits per heavy atom. The topological polar surface area (TPSA) is 78.9 Å². The quantitative estimate of drug-likeness (QED) is 0.433. The van der Waals surface area contributed by atoms with Crippen molar-refractivity contribution in [1.82, 2.24) is 0 Å². The van der Waals surface area contributed by atoms with Crippen LogP contribution in [0.25, 0.3) is 0 Å². The van der Waals surface area contributed by atoms with Gasteiger partial charge in [-0.25, -0.2) is 9.59 Å². The fourth-order valence-electron chi connectivity index (χ4n) is 1.54. The van der Waals surface area contributed by atoms with Crippen LogP contribution in [-0.4, -0.2) is 36.2 Å². The molecule has 0 spiro atoms. The summed E-state index contributed by atoms with van der Waals surface area (Å²) in [7, 11) is 0. The predicted molar refractivity (Wildman–Crippen MR) is 69.7 cm³/mol. The third kappa shape index (κ3) is 5.42. The highest BCUT2D eigenvalue weighted by Crippen LogP contribution is 2.15. The van der Waals surface area contributed by atoms with Gasteiger partial charge in [0.25, 0.3) is 0 Å². The highest BCUT2D eigenvalue weighted by Gasteiger charge is 2.30. The van der Waals surface area contributed by atoms with E-state index in [1.807, 2.05) is 0 Å². The lowest BCUT2D eigenvalue weighted by Gasteiger charge is -2.19. The van der Waals surface area contributed by atoms with Gasteiger partial charge in [-0.15, -0.1) is 0 Å². The summed E-state index contributed by atoms with van der Waals surface area (Å²) in [5.41, 5.74) is -0.428. The maximum absolute atomic E-state index is 11.7. The molecule has 0 amide bonds. The Hall–Kier alpha value is -1.85. The molecule has 6 nitrogen and oxygen atoms in total. The molecule has 20 heavy (non-hydrogen) atoms. The van der Waals surface area contributed by atoms with Gasteiger partial charge in [0.2, 0.25) is 6.10 Å². The maximum Gasteiger partial charge on any atom is 0.347 e. The van der Waals surface area contributed by atoms with E-state index in [0.717, 1.165) is 0 Å². The zero-order chi connectivity index (χ0) is 15.3. The van der Waals surface area contributed by atoms with E-state index in [1.54, 1.807) is 20.8 Å². The Morgan fingerprint density at radius 3 is 2.50 bits per heavy atom. The Labute approximate surface area is 118 Å². The smallest absolute Gasteiger partial charge is 0.347 e. The summed E-state index contributed by atoms with van der Waals surface area (Å²) in [6, 6.07) is 0. The lowest BCUT2D eigenvalue weighted by Crippen LogP contribution is -2.25. The van der Waals surface area contributed by atoms with Crippen LogP contribution in [0.1, 0.15) is 40.0 Å². The molecule has 1 aliphatic rings. The van der Waals surface area contributed by atoms with E-state index in [9.17, 15) is 14.4 Å². The molecule has 0 bridgehead atoms. The Kier molecular flexibility index (Phi) is 5.30. The molecule has 1 fully saturated rings. The first-order valence-corrected chi connectivity index (χ1v) is 6.46. The molecule has 0 N–H and O–H groups in total. The second-order valence-electron chi connectivity index (χ2n) is 5.54. The molecular weight excluding hydrogens is 264 g/mol. The van der Waals surface area contributed by atoms with Gasteiger partial charge in [0.15, 0.2) is 0 Å². The van der Waals surface area contributed by atoms with Crippen LogP contribution in [0.4, 0.5) is 0 Å². The van der Waals surface area contributed by atoms with Crippen LogP contribution >= 0.6 is 0 Å². The summed E-state index contributed by atoms with van der Waals surface area (Å²) in [5, 5.41) is 0. The molecule has 1 aliphatic heterocycles. The van der Waals surface area contributed by atoms with Gasteiger partial charge in [-0.3, -0.25) is 4.79 Å². The van der Waals surface area contributed by atoms with Crippen molar-refractivity contribution in [1.29, 1.82) is 0 Å². The van der Waals surface area contributed by atoms with Crippen LogP contribution in [0.3, 0.4) is 0 Å². The van der Waals surface area contributed by atoms with E-state index in [-0.39, 0.29) is 25.0 Å². The molecule has 1 unspecified atom stereocenters. The van der Waals surface area contributed by atoms with E-state index < -0.39 is 29.6 Å². The fourth-order valence-corrected chi connectivity index (χ4v) is 1.54. The van der Waals surface area contributed by atoms with E-state index in [1.165, 1.54) is 0 Å².